The van der Waals surface area contributed by atoms with Gasteiger partial charge >= 0.3 is 15.6 Å². The van der Waals surface area contributed by atoms with Crippen LogP contribution >= 0.6 is 0 Å². The molecule has 0 aromatic heterocycles. The van der Waals surface area contributed by atoms with E-state index in [4.69, 9.17) is 0 Å². The van der Waals surface area contributed by atoms with Gasteiger partial charge in [-0.25, -0.2) is 0 Å². The van der Waals surface area contributed by atoms with Crippen molar-refractivity contribution in [2.75, 3.05) is 19.0 Å². The molecule has 0 saturated heterocycles. The first-order chi connectivity index (χ1) is 13.5. The van der Waals surface area contributed by atoms with Crippen LogP contribution in [0.5, 0.6) is 5.75 Å². The Labute approximate surface area is 167 Å². The van der Waals surface area contributed by atoms with Crippen LogP contribution in [0.3, 0.4) is 0 Å². The van der Waals surface area contributed by atoms with Gasteiger partial charge in [0.2, 0.25) is 0 Å². The topological polar surface area (TPSA) is 46.6 Å². The molecule has 0 radical (unpaired) electrons. The predicted octanol–water partition coefficient (Wildman–Crippen LogP) is 5.36. The van der Waals surface area contributed by atoms with Crippen molar-refractivity contribution in [2.24, 2.45) is 0 Å². The van der Waals surface area contributed by atoms with Crippen LogP contribution in [-0.2, 0) is 16.5 Å². The second kappa shape index (κ2) is 7.59. The van der Waals surface area contributed by atoms with E-state index in [0.29, 0.717) is 12.0 Å². The van der Waals surface area contributed by atoms with Crippen molar-refractivity contribution in [1.29, 1.82) is 0 Å². The molecular weight excluding hydrogens is 403 g/mol. The van der Waals surface area contributed by atoms with Gasteiger partial charge in [0.25, 0.3) is 0 Å². The fourth-order valence-corrected chi connectivity index (χ4v) is 3.62. The van der Waals surface area contributed by atoms with E-state index in [2.05, 4.69) is 4.18 Å². The number of rotatable bonds is 5. The molecule has 0 aliphatic heterocycles. The van der Waals surface area contributed by atoms with Crippen molar-refractivity contribution in [3.63, 3.8) is 0 Å². The zero-order valence-corrected chi connectivity index (χ0v) is 16.9. The second-order valence-electron chi connectivity index (χ2n) is 6.74. The molecule has 4 nitrogen and oxygen atoms in total. The Hall–Kier alpha value is -2.74. The first kappa shape index (κ1) is 21.0. The summed E-state index contributed by atoms with van der Waals surface area (Å²) in [7, 11) is -2.18. The molecule has 0 bridgehead atoms. The maximum Gasteiger partial charge on any atom is 0.534 e. The molecule has 0 aliphatic carbocycles. The summed E-state index contributed by atoms with van der Waals surface area (Å²) in [5, 5.41) is 1.65. The maximum atomic E-state index is 12.9. The van der Waals surface area contributed by atoms with E-state index < -0.39 is 15.6 Å². The highest BCUT2D eigenvalue weighted by atomic mass is 32.2. The number of hydrogen-bond acceptors (Lipinski definition) is 4. The van der Waals surface area contributed by atoms with Crippen LogP contribution in [0.15, 0.2) is 54.6 Å². The molecule has 3 rings (SSSR count). The number of nitrogens with zero attached hydrogens (tertiary/aromatic N) is 1. The Morgan fingerprint density at radius 1 is 1.00 bits per heavy atom. The number of fused-ring (bicyclic) bond motifs is 1. The third-order valence-electron chi connectivity index (χ3n) is 4.59. The van der Waals surface area contributed by atoms with Crippen molar-refractivity contribution in [3.05, 3.63) is 60.2 Å². The minimum atomic E-state index is -5.80. The molecule has 3 aromatic carbocycles. The first-order valence-corrected chi connectivity index (χ1v) is 10.3. The average Bonchev–Trinajstić information content (AvgIpc) is 2.66. The van der Waals surface area contributed by atoms with Crippen molar-refractivity contribution >= 4 is 26.6 Å². The average molecular weight is 423 g/mol. The molecule has 0 N–H and O–H groups in total. The summed E-state index contributed by atoms with van der Waals surface area (Å²) < 4.78 is 66.7. The number of halogens is 3. The van der Waals surface area contributed by atoms with Gasteiger partial charge in [-0.3, -0.25) is 0 Å². The molecule has 0 spiro atoms. The molecule has 0 atom stereocenters. The van der Waals surface area contributed by atoms with E-state index in [0.717, 1.165) is 22.0 Å². The van der Waals surface area contributed by atoms with Crippen LogP contribution in [0.4, 0.5) is 18.9 Å². The summed E-state index contributed by atoms with van der Waals surface area (Å²) >= 11 is 0. The Bertz CT molecular complexity index is 1160. The number of hydrogen-bond donors (Lipinski definition) is 0. The van der Waals surface area contributed by atoms with Gasteiger partial charge in [-0.2, -0.15) is 21.6 Å². The predicted molar refractivity (Wildman–Crippen MR) is 109 cm³/mol. The summed E-state index contributed by atoms with van der Waals surface area (Å²) in [4.78, 5) is 1.82. The molecule has 154 valence electrons. The quantitative estimate of drug-likeness (QED) is 0.409. The van der Waals surface area contributed by atoms with Crippen molar-refractivity contribution in [2.45, 2.75) is 18.9 Å². The number of alkyl halides is 3. The van der Waals surface area contributed by atoms with Gasteiger partial charge in [-0.05, 0) is 41.0 Å². The lowest BCUT2D eigenvalue weighted by molar-refractivity contribution is -0.0499. The van der Waals surface area contributed by atoms with Crippen molar-refractivity contribution < 1.29 is 25.8 Å². The summed E-state index contributed by atoms with van der Waals surface area (Å²) in [5.41, 5.74) is -3.05. The summed E-state index contributed by atoms with van der Waals surface area (Å²) in [5.74, 6) is -0.362. The Morgan fingerprint density at radius 3 is 2.31 bits per heavy atom. The Balaban J connectivity index is 2.35. The Kier molecular flexibility index (Phi) is 5.49. The second-order valence-corrected chi connectivity index (χ2v) is 8.28. The van der Waals surface area contributed by atoms with Crippen LogP contribution in [0.2, 0.25) is 0 Å². The maximum absolute atomic E-state index is 12.9. The van der Waals surface area contributed by atoms with Gasteiger partial charge in [0.1, 0.15) is 0 Å². The fourth-order valence-electron chi connectivity index (χ4n) is 3.15. The summed E-state index contributed by atoms with van der Waals surface area (Å²) in [6.45, 7) is 1.90. The van der Waals surface area contributed by atoms with E-state index in [9.17, 15) is 21.6 Å². The monoisotopic (exact) mass is 423 g/mol. The van der Waals surface area contributed by atoms with E-state index in [1.165, 1.54) is 6.07 Å². The van der Waals surface area contributed by atoms with E-state index in [1.54, 1.807) is 12.1 Å². The lowest BCUT2D eigenvalue weighted by Crippen LogP contribution is -2.28. The van der Waals surface area contributed by atoms with Gasteiger partial charge in [0.05, 0.1) is 0 Å². The van der Waals surface area contributed by atoms with Gasteiger partial charge in [-0.15, -0.1) is 0 Å². The van der Waals surface area contributed by atoms with Crippen LogP contribution in [0, 0.1) is 0 Å². The highest BCUT2D eigenvalue weighted by molar-refractivity contribution is 7.88. The van der Waals surface area contributed by atoms with Gasteiger partial charge < -0.3 is 9.08 Å². The summed E-state index contributed by atoms with van der Waals surface area (Å²) in [6, 6.07) is 15.7. The van der Waals surface area contributed by atoms with E-state index in [1.807, 2.05) is 62.3 Å². The fraction of sp³-hybridized carbons (Fsp3) is 0.238. The number of benzene rings is 3. The molecule has 0 amide bonds. The highest BCUT2D eigenvalue weighted by Crippen LogP contribution is 2.43. The molecular formula is C21H20F3NO3S. The number of anilines is 1. The van der Waals surface area contributed by atoms with Gasteiger partial charge in [0.15, 0.2) is 5.75 Å². The molecule has 0 heterocycles. The summed E-state index contributed by atoms with van der Waals surface area (Å²) in [6.07, 6.45) is 0.626. The third-order valence-corrected chi connectivity index (χ3v) is 5.56. The van der Waals surface area contributed by atoms with E-state index in [-0.39, 0.29) is 11.3 Å². The minimum absolute atomic E-state index is 0.290. The first-order valence-electron chi connectivity index (χ1n) is 8.88. The lowest BCUT2D eigenvalue weighted by Gasteiger charge is -2.22. The SMILES string of the molecule is CCc1ccc(OS(=O)(=O)C(F)(F)F)c(-c2c(N(C)C)ccc3ccccc23)c1. The van der Waals surface area contributed by atoms with Gasteiger partial charge in [0, 0.05) is 30.9 Å². The van der Waals surface area contributed by atoms with Crippen LogP contribution in [0.25, 0.3) is 21.9 Å². The normalized spacial score (nSPS) is 12.2. The smallest absolute Gasteiger partial charge is 0.377 e. The largest absolute Gasteiger partial charge is 0.534 e. The van der Waals surface area contributed by atoms with Crippen molar-refractivity contribution in [3.8, 4) is 16.9 Å². The van der Waals surface area contributed by atoms with Crippen LogP contribution in [0.1, 0.15) is 12.5 Å². The zero-order valence-electron chi connectivity index (χ0n) is 16.1. The molecule has 0 aliphatic rings. The standard InChI is InChI=1S/C21H20F3NO3S/c1-4-14-9-12-19(28-29(26,27)21(22,23)24)17(13-14)20-16-8-6-5-7-15(16)10-11-18(20)25(2)3/h5-13H,4H2,1-3H3. The lowest BCUT2D eigenvalue weighted by atomic mass is 9.93. The highest BCUT2D eigenvalue weighted by Gasteiger charge is 2.48. The molecule has 8 heteroatoms. The molecule has 0 saturated carbocycles. The van der Waals surface area contributed by atoms with Crippen LogP contribution in [-0.4, -0.2) is 28.0 Å². The number of aryl methyl sites for hydroxylation is 1. The van der Waals surface area contributed by atoms with E-state index >= 15 is 0 Å². The molecule has 29 heavy (non-hydrogen) atoms. The Morgan fingerprint density at radius 2 is 1.69 bits per heavy atom. The zero-order chi connectivity index (χ0) is 21.4. The minimum Gasteiger partial charge on any atom is -0.377 e. The van der Waals surface area contributed by atoms with Gasteiger partial charge in [-0.1, -0.05) is 43.3 Å². The van der Waals surface area contributed by atoms with Crippen LogP contribution < -0.4 is 9.08 Å². The third kappa shape index (κ3) is 4.03. The molecule has 0 fully saturated rings. The molecule has 0 unspecified atom stereocenters. The van der Waals surface area contributed by atoms with Crippen molar-refractivity contribution in [1.82, 2.24) is 0 Å². The molecule has 3 aromatic rings.